The van der Waals surface area contributed by atoms with Gasteiger partial charge in [0.25, 0.3) is 0 Å². The quantitative estimate of drug-likeness (QED) is 0.488. The summed E-state index contributed by atoms with van der Waals surface area (Å²) in [4.78, 5) is 13.1. The summed E-state index contributed by atoms with van der Waals surface area (Å²) in [5.41, 5.74) is 2.79. The lowest BCUT2D eigenvalue weighted by molar-refractivity contribution is 0.103. The lowest BCUT2D eigenvalue weighted by Gasteiger charge is -2.07. The fourth-order valence-electron chi connectivity index (χ4n) is 2.83. The van der Waals surface area contributed by atoms with E-state index >= 15 is 0 Å². The maximum absolute atomic E-state index is 13.3. The number of hydrogen-bond donors (Lipinski definition) is 0. The number of pyridine rings is 1. The van der Waals surface area contributed by atoms with Gasteiger partial charge >= 0.3 is 0 Å². The van der Waals surface area contributed by atoms with Gasteiger partial charge in [0.2, 0.25) is 5.78 Å². The Bertz CT molecular complexity index is 1060. The van der Waals surface area contributed by atoms with Crippen molar-refractivity contribution >= 4 is 11.3 Å². The fourth-order valence-corrected chi connectivity index (χ4v) is 2.83. The Morgan fingerprint density at radius 3 is 2.16 bits per heavy atom. The molecule has 121 valence electrons. The average Bonchev–Trinajstić information content (AvgIpc) is 3.02. The van der Waals surface area contributed by atoms with E-state index in [0.29, 0.717) is 22.4 Å². The molecule has 0 aliphatic rings. The topological polar surface area (TPSA) is 21.5 Å². The Balaban J connectivity index is 1.94. The van der Waals surface area contributed by atoms with Gasteiger partial charge in [-0.15, -0.1) is 0 Å². The van der Waals surface area contributed by atoms with Gasteiger partial charge in [-0.2, -0.15) is 0 Å². The summed E-state index contributed by atoms with van der Waals surface area (Å²) in [6, 6.07) is 20.0. The monoisotopic (exact) mass is 332 g/mol. The predicted molar refractivity (Wildman–Crippen MR) is 91.5 cm³/mol. The van der Waals surface area contributed by atoms with E-state index in [4.69, 9.17) is 0 Å². The van der Waals surface area contributed by atoms with Crippen molar-refractivity contribution in [3.05, 3.63) is 102 Å². The van der Waals surface area contributed by atoms with Crippen LogP contribution in [0.1, 0.15) is 16.1 Å². The van der Waals surface area contributed by atoms with Crippen LogP contribution in [0.5, 0.6) is 0 Å². The first-order valence-corrected chi connectivity index (χ1v) is 7.72. The van der Waals surface area contributed by atoms with Gasteiger partial charge in [0.1, 0.15) is 17.3 Å². The van der Waals surface area contributed by atoms with Crippen LogP contribution >= 0.6 is 0 Å². The molecule has 2 nitrogen and oxygen atoms in total. The largest absolute Gasteiger partial charge is 0.312 e. The third-order valence-corrected chi connectivity index (χ3v) is 4.05. The highest BCUT2D eigenvalue weighted by atomic mass is 19.1. The maximum Gasteiger partial charge on any atom is 0.210 e. The van der Waals surface area contributed by atoms with E-state index in [1.54, 1.807) is 22.7 Å². The van der Waals surface area contributed by atoms with Crippen LogP contribution in [0, 0.1) is 17.7 Å². The number of nitrogens with zero attached hydrogens (tertiary/aromatic N) is 1. The standard InChI is InChI=1S/C21H12F2NO/c22-16-8-4-14(5-9-16)19-13-18-3-1-2-12-24(18)20(19)21(25)15-6-10-17(23)11-7-15/h1-12H. The van der Waals surface area contributed by atoms with Crippen LogP contribution < -0.4 is 0 Å². The molecule has 2 heterocycles. The molecule has 0 fully saturated rings. The molecule has 0 saturated carbocycles. The van der Waals surface area contributed by atoms with Crippen LogP contribution in [0.3, 0.4) is 0 Å². The van der Waals surface area contributed by atoms with Gasteiger partial charge in [-0.05, 0) is 54.1 Å². The van der Waals surface area contributed by atoms with Gasteiger partial charge in [0, 0.05) is 23.4 Å². The van der Waals surface area contributed by atoms with E-state index in [1.165, 1.54) is 36.4 Å². The number of carbonyl (C=O) groups excluding carboxylic acids is 1. The van der Waals surface area contributed by atoms with Crippen molar-refractivity contribution in [1.82, 2.24) is 4.40 Å². The summed E-state index contributed by atoms with van der Waals surface area (Å²) in [5, 5.41) is 0. The van der Waals surface area contributed by atoms with Crippen molar-refractivity contribution in [2.45, 2.75) is 0 Å². The van der Waals surface area contributed by atoms with Crippen LogP contribution in [-0.4, -0.2) is 10.2 Å². The fraction of sp³-hybridized carbons (Fsp3) is 0. The molecule has 0 amide bonds. The van der Waals surface area contributed by atoms with Crippen molar-refractivity contribution in [3.8, 4) is 11.1 Å². The zero-order valence-corrected chi connectivity index (χ0v) is 13.0. The first-order valence-electron chi connectivity index (χ1n) is 7.72. The van der Waals surface area contributed by atoms with E-state index in [0.717, 1.165) is 5.52 Å². The summed E-state index contributed by atoms with van der Waals surface area (Å²) in [6.45, 7) is 0. The number of carbonyl (C=O) groups is 1. The van der Waals surface area contributed by atoms with Crippen molar-refractivity contribution in [3.63, 3.8) is 0 Å². The van der Waals surface area contributed by atoms with Crippen LogP contribution in [-0.2, 0) is 0 Å². The molecule has 0 bridgehead atoms. The highest BCUT2D eigenvalue weighted by molar-refractivity contribution is 6.12. The lowest BCUT2D eigenvalue weighted by Crippen LogP contribution is -2.07. The lowest BCUT2D eigenvalue weighted by atomic mass is 10.0. The molecule has 0 spiro atoms. The molecule has 4 rings (SSSR count). The molecule has 2 aromatic heterocycles. The van der Waals surface area contributed by atoms with Gasteiger partial charge in [0.15, 0.2) is 0 Å². The van der Waals surface area contributed by atoms with E-state index in [-0.39, 0.29) is 11.6 Å². The Hall–Kier alpha value is -3.27. The highest BCUT2D eigenvalue weighted by Gasteiger charge is 2.20. The van der Waals surface area contributed by atoms with Crippen molar-refractivity contribution in [2.75, 3.05) is 0 Å². The molecular weight excluding hydrogens is 320 g/mol. The third kappa shape index (κ3) is 2.72. The first-order chi connectivity index (χ1) is 12.1. The molecule has 1 radical (unpaired) electrons. The number of benzene rings is 2. The van der Waals surface area contributed by atoms with Gasteiger partial charge in [-0.25, -0.2) is 8.78 Å². The van der Waals surface area contributed by atoms with E-state index in [2.05, 4.69) is 6.07 Å². The molecular formula is C21H12F2NO. The summed E-state index contributed by atoms with van der Waals surface area (Å²) < 4.78 is 28.2. The Labute approximate surface area is 143 Å². The van der Waals surface area contributed by atoms with E-state index < -0.39 is 5.82 Å². The maximum atomic E-state index is 13.3. The molecule has 0 atom stereocenters. The molecule has 0 aliphatic heterocycles. The highest BCUT2D eigenvalue weighted by Crippen LogP contribution is 2.29. The molecule has 25 heavy (non-hydrogen) atoms. The minimum Gasteiger partial charge on any atom is -0.312 e. The zero-order valence-electron chi connectivity index (χ0n) is 13.0. The Morgan fingerprint density at radius 2 is 1.48 bits per heavy atom. The number of aromatic nitrogens is 1. The van der Waals surface area contributed by atoms with Crippen LogP contribution in [0.15, 0.2) is 72.9 Å². The minimum atomic E-state index is -0.401. The molecule has 4 heteroatoms. The number of halogens is 2. The van der Waals surface area contributed by atoms with Gasteiger partial charge in [-0.1, -0.05) is 18.2 Å². The van der Waals surface area contributed by atoms with Crippen molar-refractivity contribution < 1.29 is 13.6 Å². The number of rotatable bonds is 3. The molecule has 2 aromatic carbocycles. The summed E-state index contributed by atoms with van der Waals surface area (Å²) in [5.74, 6) is -0.998. The van der Waals surface area contributed by atoms with Crippen molar-refractivity contribution in [1.29, 1.82) is 0 Å². The number of fused-ring (bicyclic) bond motifs is 1. The van der Waals surface area contributed by atoms with Crippen molar-refractivity contribution in [2.24, 2.45) is 0 Å². The van der Waals surface area contributed by atoms with Gasteiger partial charge in [0.05, 0.1) is 5.52 Å². The zero-order chi connectivity index (χ0) is 17.4. The first kappa shape index (κ1) is 15.3. The van der Waals surface area contributed by atoms with E-state index in [9.17, 15) is 13.6 Å². The number of ketones is 1. The smallest absolute Gasteiger partial charge is 0.210 e. The molecule has 0 unspecified atom stereocenters. The predicted octanol–water partition coefficient (Wildman–Crippen LogP) is 4.92. The Kier molecular flexibility index (Phi) is 3.65. The average molecular weight is 332 g/mol. The normalized spacial score (nSPS) is 11.0. The molecule has 0 saturated heterocycles. The Morgan fingerprint density at radius 1 is 0.840 bits per heavy atom. The number of hydrogen-bond acceptors (Lipinski definition) is 1. The minimum absolute atomic E-state index is 0.248. The van der Waals surface area contributed by atoms with Crippen LogP contribution in [0.4, 0.5) is 8.78 Å². The SMILES string of the molecule is O=C(c1ccc(F)cc1)c1c(-c2ccc(F)cc2)[c]c2ccccn12. The summed E-state index contributed by atoms with van der Waals surface area (Å²) in [7, 11) is 0. The third-order valence-electron chi connectivity index (χ3n) is 4.05. The molecule has 0 N–H and O–H groups in total. The summed E-state index contributed by atoms with van der Waals surface area (Å²) >= 11 is 0. The summed E-state index contributed by atoms with van der Waals surface area (Å²) in [6.07, 6.45) is 1.77. The van der Waals surface area contributed by atoms with Gasteiger partial charge < -0.3 is 4.40 Å². The molecule has 4 aromatic rings. The second-order valence-corrected chi connectivity index (χ2v) is 5.65. The van der Waals surface area contributed by atoms with Crippen LogP contribution in [0.2, 0.25) is 0 Å². The second-order valence-electron chi connectivity index (χ2n) is 5.65. The van der Waals surface area contributed by atoms with Gasteiger partial charge in [-0.3, -0.25) is 4.79 Å². The second kappa shape index (κ2) is 5.98. The van der Waals surface area contributed by atoms with E-state index in [1.807, 2.05) is 18.2 Å². The van der Waals surface area contributed by atoms with Crippen LogP contribution in [0.25, 0.3) is 16.6 Å². The molecule has 0 aliphatic carbocycles.